The Morgan fingerprint density at radius 2 is 1.11 bits per heavy atom. The second-order valence-corrected chi connectivity index (χ2v) is 8.99. The zero-order valence-corrected chi connectivity index (χ0v) is 19.5. The molecule has 0 aliphatic rings. The minimum absolute atomic E-state index is 0.0661. The van der Waals surface area contributed by atoms with Gasteiger partial charge in [0.15, 0.2) is 0 Å². The number of hydrogen-bond acceptors (Lipinski definition) is 1. The third-order valence-electron chi connectivity index (χ3n) is 6.97. The van der Waals surface area contributed by atoms with Gasteiger partial charge in [0.25, 0.3) is 0 Å². The van der Waals surface area contributed by atoms with Crippen LogP contribution in [-0.2, 0) is 0 Å². The van der Waals surface area contributed by atoms with Crippen LogP contribution in [0.3, 0.4) is 0 Å². The fourth-order valence-corrected chi connectivity index (χ4v) is 5.46. The van der Waals surface area contributed by atoms with Crippen molar-refractivity contribution in [2.45, 2.75) is 6.85 Å². The molecule has 0 aliphatic carbocycles. The summed E-state index contributed by atoms with van der Waals surface area (Å²) in [5.41, 5.74) is 6.83. The van der Waals surface area contributed by atoms with Gasteiger partial charge in [-0.05, 0) is 52.0 Å². The zero-order valence-electron chi connectivity index (χ0n) is 22.5. The Morgan fingerprint density at radius 1 is 0.556 bits per heavy atom. The molecule has 1 heterocycles. The van der Waals surface area contributed by atoms with Crippen molar-refractivity contribution in [1.82, 2.24) is 9.55 Å². The van der Waals surface area contributed by atoms with Crippen LogP contribution in [0, 0.1) is 6.85 Å². The van der Waals surface area contributed by atoms with Crippen LogP contribution in [0.1, 0.15) is 9.94 Å². The molecule has 7 rings (SSSR count). The van der Waals surface area contributed by atoms with E-state index in [0.717, 1.165) is 55.0 Å². The molecule has 0 amide bonds. The van der Waals surface area contributed by atoms with Crippen molar-refractivity contribution < 1.29 is 4.11 Å². The monoisotopic (exact) mass is 463 g/mol. The second-order valence-electron chi connectivity index (χ2n) is 8.99. The number of aryl methyl sites for hydroxylation is 1. The average Bonchev–Trinajstić information content (AvgIpc) is 3.36. The highest BCUT2D eigenvalue weighted by Crippen LogP contribution is 2.44. The molecule has 170 valence electrons. The number of aromatic nitrogens is 2. The molecule has 6 aromatic carbocycles. The van der Waals surface area contributed by atoms with Gasteiger partial charge in [0.05, 0.1) is 16.7 Å². The van der Waals surface area contributed by atoms with E-state index in [4.69, 9.17) is 4.11 Å². The average molecular weight is 464 g/mol. The van der Waals surface area contributed by atoms with Crippen LogP contribution in [0.2, 0.25) is 0 Å². The third kappa shape index (κ3) is 3.08. The van der Waals surface area contributed by atoms with E-state index in [-0.39, 0.29) is 5.82 Å². The molecule has 0 saturated carbocycles. The van der Waals surface area contributed by atoms with Gasteiger partial charge in [-0.1, -0.05) is 115 Å². The highest BCUT2D eigenvalue weighted by Gasteiger charge is 2.20. The Balaban J connectivity index is 1.67. The highest BCUT2D eigenvalue weighted by atomic mass is 15.1. The Kier molecular flexibility index (Phi) is 4.04. The van der Waals surface area contributed by atoms with Gasteiger partial charge < -0.3 is 0 Å². The highest BCUT2D eigenvalue weighted by molar-refractivity contribution is 6.19. The summed E-state index contributed by atoms with van der Waals surface area (Å²) in [6, 6.07) is 43.1. The van der Waals surface area contributed by atoms with Crippen LogP contribution < -0.4 is 0 Å². The van der Waals surface area contributed by atoms with Crippen molar-refractivity contribution >= 4 is 32.6 Å². The van der Waals surface area contributed by atoms with E-state index in [1.54, 1.807) is 0 Å². The van der Waals surface area contributed by atoms with Crippen molar-refractivity contribution in [1.29, 1.82) is 0 Å². The van der Waals surface area contributed by atoms with Gasteiger partial charge in [0.1, 0.15) is 5.82 Å². The third-order valence-corrected chi connectivity index (χ3v) is 6.97. The molecule has 2 heteroatoms. The summed E-state index contributed by atoms with van der Waals surface area (Å²) in [6.07, 6.45) is 0. The lowest BCUT2D eigenvalue weighted by molar-refractivity contribution is 1.02. The van der Waals surface area contributed by atoms with Gasteiger partial charge in [-0.15, -0.1) is 0 Å². The van der Waals surface area contributed by atoms with Crippen molar-refractivity contribution in [3.05, 3.63) is 133 Å². The summed E-state index contributed by atoms with van der Waals surface area (Å²) in [7, 11) is 0. The fourth-order valence-electron chi connectivity index (χ4n) is 5.46. The number of nitrogens with zero attached hydrogens (tertiary/aromatic N) is 2. The van der Waals surface area contributed by atoms with Gasteiger partial charge in [-0.25, -0.2) is 4.98 Å². The Labute approximate surface area is 214 Å². The zero-order chi connectivity index (χ0) is 26.6. The molecule has 0 fully saturated rings. The van der Waals surface area contributed by atoms with Crippen LogP contribution in [0.4, 0.5) is 0 Å². The lowest BCUT2D eigenvalue weighted by Crippen LogP contribution is -2.01. The normalized spacial score (nSPS) is 13.1. The summed E-state index contributed by atoms with van der Waals surface area (Å²) >= 11 is 0. The number of benzene rings is 6. The predicted molar refractivity (Wildman–Crippen MR) is 152 cm³/mol. The van der Waals surface area contributed by atoms with E-state index in [1.165, 1.54) is 0 Å². The van der Waals surface area contributed by atoms with Crippen LogP contribution >= 0.6 is 0 Å². The quantitative estimate of drug-likeness (QED) is 0.239. The smallest absolute Gasteiger partial charge is 0.111 e. The molecule has 0 atom stereocenters. The van der Waals surface area contributed by atoms with E-state index in [0.29, 0.717) is 5.52 Å². The number of fused-ring (bicyclic) bond motifs is 3. The lowest BCUT2D eigenvalue weighted by atomic mass is 9.87. The first-order valence-corrected chi connectivity index (χ1v) is 12.1. The molecule has 0 saturated heterocycles. The molecule has 1 aromatic heterocycles. The van der Waals surface area contributed by atoms with Crippen molar-refractivity contribution in [3.63, 3.8) is 0 Å². The van der Waals surface area contributed by atoms with Crippen LogP contribution in [-0.4, -0.2) is 9.55 Å². The molecule has 0 bridgehead atoms. The lowest BCUT2D eigenvalue weighted by Gasteiger charge is -2.20. The maximum atomic E-state index is 8.36. The molecule has 36 heavy (non-hydrogen) atoms. The van der Waals surface area contributed by atoms with Gasteiger partial charge >= 0.3 is 0 Å². The molecular formula is C34H24N2. The molecule has 0 N–H and O–H groups in total. The van der Waals surface area contributed by atoms with Gasteiger partial charge in [-0.2, -0.15) is 0 Å². The van der Waals surface area contributed by atoms with Crippen LogP contribution in [0.25, 0.3) is 60.5 Å². The first kappa shape index (κ1) is 17.7. The van der Waals surface area contributed by atoms with Crippen molar-refractivity contribution in [2.75, 3.05) is 0 Å². The number of imidazole rings is 1. The summed E-state index contributed by atoms with van der Waals surface area (Å²) in [5.74, 6) is 0.0661. The second kappa shape index (κ2) is 8.21. The topological polar surface area (TPSA) is 17.8 Å². The summed E-state index contributed by atoms with van der Waals surface area (Å²) in [4.78, 5) is 4.61. The molecule has 0 aliphatic heterocycles. The Bertz CT molecular complexity index is 1950. The van der Waals surface area contributed by atoms with Gasteiger partial charge in [0, 0.05) is 14.9 Å². The Morgan fingerprint density at radius 3 is 1.81 bits per heavy atom. The standard InChI is InChI=1S/C34H24N2/c1-23-35-31-21-11-12-22-32(31)36(23)34-29-19-9-7-17-27(29)33(28-18-8-10-20-30(28)34)26-16-6-5-15-25(26)24-13-3-2-4-14-24/h2-22H,1H3/i1D3. The van der Waals surface area contributed by atoms with E-state index in [1.807, 2.05) is 59.2 Å². The van der Waals surface area contributed by atoms with E-state index < -0.39 is 6.85 Å². The van der Waals surface area contributed by atoms with Crippen molar-refractivity contribution in [2.24, 2.45) is 0 Å². The fraction of sp³-hybridized carbons (Fsp3) is 0.0294. The van der Waals surface area contributed by atoms with E-state index in [9.17, 15) is 0 Å². The first-order chi connectivity index (χ1) is 19.0. The van der Waals surface area contributed by atoms with Crippen LogP contribution in [0.5, 0.6) is 0 Å². The molecular weight excluding hydrogens is 436 g/mol. The van der Waals surface area contributed by atoms with E-state index >= 15 is 0 Å². The van der Waals surface area contributed by atoms with Crippen molar-refractivity contribution in [3.8, 4) is 27.9 Å². The molecule has 2 nitrogen and oxygen atoms in total. The maximum absolute atomic E-state index is 8.36. The summed E-state index contributed by atoms with van der Waals surface area (Å²) in [5, 5.41) is 4.07. The number of hydrogen-bond donors (Lipinski definition) is 0. The summed E-state index contributed by atoms with van der Waals surface area (Å²) in [6.45, 7) is -2.39. The van der Waals surface area contributed by atoms with E-state index in [2.05, 4.69) is 77.8 Å². The Hall–Kier alpha value is -4.69. The SMILES string of the molecule is [2H]C([2H])([2H])c1nc2ccccc2n1-c1c2ccccc2c(-c2ccccc2-c2ccccc2)c2ccccc12. The minimum atomic E-state index is -2.39. The number of para-hydroxylation sites is 2. The largest absolute Gasteiger partial charge is 0.295 e. The molecule has 7 aromatic rings. The maximum Gasteiger partial charge on any atom is 0.111 e. The van der Waals surface area contributed by atoms with Gasteiger partial charge in [0.2, 0.25) is 0 Å². The van der Waals surface area contributed by atoms with Gasteiger partial charge in [-0.3, -0.25) is 4.57 Å². The molecule has 0 unspecified atom stereocenters. The molecule has 0 radical (unpaired) electrons. The number of rotatable bonds is 3. The summed E-state index contributed by atoms with van der Waals surface area (Å²) < 4.78 is 26.9. The predicted octanol–water partition coefficient (Wildman–Crippen LogP) is 8.97. The first-order valence-electron chi connectivity index (χ1n) is 13.6. The minimum Gasteiger partial charge on any atom is -0.295 e. The van der Waals surface area contributed by atoms with Crippen LogP contribution in [0.15, 0.2) is 127 Å². The molecule has 0 spiro atoms.